The number of nitrogens with one attached hydrogen (secondary N) is 2. The van der Waals surface area contributed by atoms with E-state index in [-0.39, 0.29) is 12.1 Å². The molecule has 0 spiro atoms. The van der Waals surface area contributed by atoms with E-state index in [1.54, 1.807) is 0 Å². The van der Waals surface area contributed by atoms with Crippen LogP contribution in [0.2, 0.25) is 5.02 Å². The van der Waals surface area contributed by atoms with Crippen LogP contribution in [0.15, 0.2) is 53.1 Å². The van der Waals surface area contributed by atoms with Crippen molar-refractivity contribution in [2.75, 3.05) is 0 Å². The molecule has 3 aromatic rings. The zero-order chi connectivity index (χ0) is 16.5. The predicted octanol–water partition coefficient (Wildman–Crippen LogP) is 3.98. The second kappa shape index (κ2) is 6.36. The summed E-state index contributed by atoms with van der Waals surface area (Å²) in [5.41, 5.74) is 9.75. The third-order valence-electron chi connectivity index (χ3n) is 4.28. The second-order valence-corrected chi connectivity index (χ2v) is 6.39. The lowest BCUT2D eigenvalue weighted by Crippen LogP contribution is -2.26. The molecule has 1 aromatic heterocycles. The van der Waals surface area contributed by atoms with Gasteiger partial charge < -0.3 is 4.52 Å². The van der Waals surface area contributed by atoms with Crippen LogP contribution >= 0.6 is 11.6 Å². The molecule has 4 rings (SSSR count). The molecule has 6 heteroatoms. The van der Waals surface area contributed by atoms with Crippen LogP contribution in [0.25, 0.3) is 11.4 Å². The van der Waals surface area contributed by atoms with E-state index in [9.17, 15) is 0 Å². The Balaban J connectivity index is 1.53. The van der Waals surface area contributed by atoms with Gasteiger partial charge in [-0.1, -0.05) is 53.2 Å². The van der Waals surface area contributed by atoms with E-state index in [0.717, 1.165) is 28.1 Å². The topological polar surface area (TPSA) is 63.0 Å². The molecule has 1 aliphatic heterocycles. The fourth-order valence-corrected chi connectivity index (χ4v) is 3.17. The fraction of sp³-hybridized carbons (Fsp3) is 0.222. The van der Waals surface area contributed by atoms with Crippen molar-refractivity contribution in [3.8, 4) is 11.4 Å². The molecule has 2 atom stereocenters. The molecule has 2 aromatic carbocycles. The minimum atomic E-state index is -0.0285. The summed E-state index contributed by atoms with van der Waals surface area (Å²) in [7, 11) is 0. The van der Waals surface area contributed by atoms with Crippen molar-refractivity contribution in [1.82, 2.24) is 21.0 Å². The zero-order valence-electron chi connectivity index (χ0n) is 13.2. The molecule has 1 saturated heterocycles. The zero-order valence-corrected chi connectivity index (χ0v) is 13.9. The molecule has 1 fully saturated rings. The number of hydrazine groups is 1. The van der Waals surface area contributed by atoms with Crippen LogP contribution in [0.5, 0.6) is 0 Å². The molecule has 5 nitrogen and oxygen atoms in total. The van der Waals surface area contributed by atoms with E-state index in [4.69, 9.17) is 16.1 Å². The molecule has 0 aliphatic carbocycles. The number of halogens is 1. The van der Waals surface area contributed by atoms with Crippen LogP contribution in [0.1, 0.15) is 35.5 Å². The number of benzene rings is 2. The number of hydrogen-bond donors (Lipinski definition) is 2. The van der Waals surface area contributed by atoms with Crippen LogP contribution in [-0.2, 0) is 0 Å². The van der Waals surface area contributed by atoms with Gasteiger partial charge in [0.25, 0.3) is 0 Å². The molecular formula is C18H17ClN4O. The Labute approximate surface area is 145 Å². The van der Waals surface area contributed by atoms with E-state index in [1.807, 2.05) is 49.4 Å². The Kier molecular flexibility index (Phi) is 4.06. The van der Waals surface area contributed by atoms with Gasteiger partial charge in [-0.25, -0.2) is 10.9 Å². The molecule has 24 heavy (non-hydrogen) atoms. The normalized spacial score (nSPS) is 20.4. The van der Waals surface area contributed by atoms with Crippen LogP contribution in [0.3, 0.4) is 0 Å². The largest absolute Gasteiger partial charge is 0.337 e. The van der Waals surface area contributed by atoms with Gasteiger partial charge in [0.1, 0.15) is 6.04 Å². The summed E-state index contributed by atoms with van der Waals surface area (Å²) >= 11 is 6.07. The number of aromatic nitrogens is 2. The molecule has 2 heterocycles. The van der Waals surface area contributed by atoms with Gasteiger partial charge in [-0.3, -0.25) is 0 Å². The smallest absolute Gasteiger partial charge is 0.245 e. The van der Waals surface area contributed by atoms with Crippen molar-refractivity contribution in [3.63, 3.8) is 0 Å². The lowest BCUT2D eigenvalue weighted by atomic mass is 10.0. The first-order chi connectivity index (χ1) is 11.7. The van der Waals surface area contributed by atoms with E-state index < -0.39 is 0 Å². The standard InChI is InChI=1S/C18H17ClN4O/c1-11-5-2-3-8-14(11)17-20-18(24-23-17)16-10-15(21-22-16)12-6-4-7-13(19)9-12/h2-9,15-16,21-22H,10H2,1H3. The summed E-state index contributed by atoms with van der Waals surface area (Å²) in [4.78, 5) is 4.56. The molecule has 0 bridgehead atoms. The van der Waals surface area contributed by atoms with Crippen LogP contribution in [0, 0.1) is 6.92 Å². The average Bonchev–Trinajstić information content (AvgIpc) is 3.25. The van der Waals surface area contributed by atoms with Gasteiger partial charge in [0.2, 0.25) is 11.7 Å². The highest BCUT2D eigenvalue weighted by molar-refractivity contribution is 6.30. The van der Waals surface area contributed by atoms with Gasteiger partial charge in [-0.15, -0.1) is 0 Å². The highest BCUT2D eigenvalue weighted by Crippen LogP contribution is 2.32. The van der Waals surface area contributed by atoms with Crippen LogP contribution < -0.4 is 10.9 Å². The lowest BCUT2D eigenvalue weighted by molar-refractivity contribution is 0.340. The number of nitrogens with zero attached hydrogens (tertiary/aromatic N) is 2. The SMILES string of the molecule is Cc1ccccc1-c1noc(C2CC(c3cccc(Cl)c3)NN2)n1. The van der Waals surface area contributed by atoms with Crippen molar-refractivity contribution in [2.24, 2.45) is 0 Å². The fourth-order valence-electron chi connectivity index (χ4n) is 2.97. The Morgan fingerprint density at radius 2 is 1.92 bits per heavy atom. The first-order valence-corrected chi connectivity index (χ1v) is 8.24. The molecule has 0 saturated carbocycles. The van der Waals surface area contributed by atoms with Crippen molar-refractivity contribution in [1.29, 1.82) is 0 Å². The maximum absolute atomic E-state index is 6.07. The molecule has 0 radical (unpaired) electrons. The van der Waals surface area contributed by atoms with Crippen molar-refractivity contribution >= 4 is 11.6 Å². The van der Waals surface area contributed by atoms with Gasteiger partial charge in [0.15, 0.2) is 0 Å². The molecule has 2 N–H and O–H groups in total. The maximum Gasteiger partial charge on any atom is 0.245 e. The van der Waals surface area contributed by atoms with Crippen molar-refractivity contribution in [3.05, 3.63) is 70.6 Å². The van der Waals surface area contributed by atoms with Gasteiger partial charge >= 0.3 is 0 Å². The van der Waals surface area contributed by atoms with Crippen molar-refractivity contribution in [2.45, 2.75) is 25.4 Å². The number of aryl methyl sites for hydroxylation is 1. The summed E-state index contributed by atoms with van der Waals surface area (Å²) in [5, 5.41) is 4.86. The minimum absolute atomic E-state index is 0.0285. The Morgan fingerprint density at radius 1 is 1.08 bits per heavy atom. The molecule has 1 aliphatic rings. The third-order valence-corrected chi connectivity index (χ3v) is 4.52. The monoisotopic (exact) mass is 340 g/mol. The van der Waals surface area contributed by atoms with E-state index in [1.165, 1.54) is 0 Å². The third kappa shape index (κ3) is 2.94. The van der Waals surface area contributed by atoms with E-state index in [2.05, 4.69) is 27.1 Å². The number of rotatable bonds is 3. The van der Waals surface area contributed by atoms with Crippen LogP contribution in [-0.4, -0.2) is 10.1 Å². The van der Waals surface area contributed by atoms with Gasteiger partial charge in [-0.2, -0.15) is 4.98 Å². The van der Waals surface area contributed by atoms with E-state index >= 15 is 0 Å². The summed E-state index contributed by atoms with van der Waals surface area (Å²) < 4.78 is 5.48. The second-order valence-electron chi connectivity index (χ2n) is 5.96. The average molecular weight is 341 g/mol. The van der Waals surface area contributed by atoms with Gasteiger partial charge in [0.05, 0.1) is 0 Å². The predicted molar refractivity (Wildman–Crippen MR) is 92.3 cm³/mol. The number of hydrogen-bond acceptors (Lipinski definition) is 5. The Bertz CT molecular complexity index is 863. The maximum atomic E-state index is 6.07. The van der Waals surface area contributed by atoms with Crippen molar-refractivity contribution < 1.29 is 4.52 Å². The molecule has 122 valence electrons. The van der Waals surface area contributed by atoms with Gasteiger partial charge in [0, 0.05) is 16.6 Å². The van der Waals surface area contributed by atoms with Crippen LogP contribution in [0.4, 0.5) is 0 Å². The molecule has 2 unspecified atom stereocenters. The summed E-state index contributed by atoms with van der Waals surface area (Å²) in [6, 6.07) is 16.0. The van der Waals surface area contributed by atoms with Gasteiger partial charge in [-0.05, 0) is 36.6 Å². The minimum Gasteiger partial charge on any atom is -0.337 e. The highest BCUT2D eigenvalue weighted by Gasteiger charge is 2.30. The summed E-state index contributed by atoms with van der Waals surface area (Å²) in [6.45, 7) is 2.04. The summed E-state index contributed by atoms with van der Waals surface area (Å²) in [5.74, 6) is 1.21. The molecular weight excluding hydrogens is 324 g/mol. The van der Waals surface area contributed by atoms with E-state index in [0.29, 0.717) is 11.7 Å². The quantitative estimate of drug-likeness (QED) is 0.755. The first kappa shape index (κ1) is 15.3. The summed E-state index contributed by atoms with van der Waals surface area (Å²) in [6.07, 6.45) is 0.815. The Morgan fingerprint density at radius 3 is 2.75 bits per heavy atom. The lowest BCUT2D eigenvalue weighted by Gasteiger charge is -2.09. The first-order valence-electron chi connectivity index (χ1n) is 7.87. The highest BCUT2D eigenvalue weighted by atomic mass is 35.5. The molecule has 0 amide bonds. The Hall–Kier alpha value is -2.21.